The van der Waals surface area contributed by atoms with Gasteiger partial charge in [-0.3, -0.25) is 4.98 Å². The van der Waals surface area contributed by atoms with Gasteiger partial charge in [-0.1, -0.05) is 0 Å². The number of carbonyl (C=O) groups is 1. The lowest BCUT2D eigenvalue weighted by atomic mass is 10.5. The molecule has 0 aliphatic carbocycles. The van der Waals surface area contributed by atoms with Crippen LogP contribution in [0, 0.1) is 0 Å². The Morgan fingerprint density at radius 3 is 2.93 bits per heavy atom. The van der Waals surface area contributed by atoms with Crippen LogP contribution in [0.1, 0.15) is 16.9 Å². The quantitative estimate of drug-likeness (QED) is 0.553. The van der Waals surface area contributed by atoms with E-state index in [9.17, 15) is 4.79 Å². The summed E-state index contributed by atoms with van der Waals surface area (Å²) in [7, 11) is 0. The van der Waals surface area contributed by atoms with E-state index in [1.54, 1.807) is 0 Å². The molecule has 1 aromatic rings. The SMILES string of the molecule is O=C(O)c1cncc(SCCCO)n1. The van der Waals surface area contributed by atoms with Crippen molar-refractivity contribution in [2.75, 3.05) is 12.4 Å². The molecule has 1 rings (SSSR count). The van der Waals surface area contributed by atoms with Crippen LogP contribution >= 0.6 is 11.8 Å². The number of thioether (sulfide) groups is 1. The molecule has 1 aromatic heterocycles. The van der Waals surface area contributed by atoms with E-state index >= 15 is 0 Å². The molecule has 0 amide bonds. The molecule has 0 saturated heterocycles. The fraction of sp³-hybridized carbons (Fsp3) is 0.375. The summed E-state index contributed by atoms with van der Waals surface area (Å²) in [5.41, 5.74) is -0.0565. The number of hydrogen-bond acceptors (Lipinski definition) is 5. The van der Waals surface area contributed by atoms with Gasteiger partial charge in [0.15, 0.2) is 5.69 Å². The Morgan fingerprint density at radius 2 is 2.29 bits per heavy atom. The van der Waals surface area contributed by atoms with Crippen LogP contribution in [0.2, 0.25) is 0 Å². The van der Waals surface area contributed by atoms with Gasteiger partial charge in [-0.25, -0.2) is 9.78 Å². The lowest BCUT2D eigenvalue weighted by Crippen LogP contribution is -2.01. The first-order chi connectivity index (χ1) is 6.74. The Balaban J connectivity index is 2.59. The molecule has 1 heterocycles. The van der Waals surface area contributed by atoms with Gasteiger partial charge < -0.3 is 10.2 Å². The molecule has 0 fully saturated rings. The number of aliphatic hydroxyl groups excluding tert-OH is 1. The minimum atomic E-state index is -1.08. The second-order valence-corrected chi connectivity index (χ2v) is 3.59. The molecule has 76 valence electrons. The molecule has 0 aliphatic rings. The Bertz CT molecular complexity index is 319. The highest BCUT2D eigenvalue weighted by atomic mass is 32.2. The zero-order chi connectivity index (χ0) is 10.4. The molecule has 5 nitrogen and oxygen atoms in total. The monoisotopic (exact) mass is 214 g/mol. The van der Waals surface area contributed by atoms with Crippen LogP contribution in [-0.2, 0) is 0 Å². The third-order valence-electron chi connectivity index (χ3n) is 1.38. The third-order valence-corrected chi connectivity index (χ3v) is 2.37. The summed E-state index contributed by atoms with van der Waals surface area (Å²) in [6, 6.07) is 0. The Morgan fingerprint density at radius 1 is 1.50 bits per heavy atom. The molecule has 14 heavy (non-hydrogen) atoms. The lowest BCUT2D eigenvalue weighted by molar-refractivity contribution is 0.0689. The van der Waals surface area contributed by atoms with E-state index in [0.29, 0.717) is 17.2 Å². The van der Waals surface area contributed by atoms with Crippen molar-refractivity contribution in [3.8, 4) is 0 Å². The molecule has 0 bridgehead atoms. The second-order valence-electron chi connectivity index (χ2n) is 2.47. The van der Waals surface area contributed by atoms with Crippen molar-refractivity contribution in [3.63, 3.8) is 0 Å². The third kappa shape index (κ3) is 3.31. The lowest BCUT2D eigenvalue weighted by Gasteiger charge is -1.99. The van der Waals surface area contributed by atoms with E-state index in [1.807, 2.05) is 0 Å². The molecular weight excluding hydrogens is 204 g/mol. The molecule has 0 aromatic carbocycles. The van der Waals surface area contributed by atoms with Crippen LogP contribution < -0.4 is 0 Å². The van der Waals surface area contributed by atoms with Gasteiger partial charge in [0.05, 0.1) is 12.4 Å². The summed E-state index contributed by atoms with van der Waals surface area (Å²) in [5.74, 6) is -0.379. The average molecular weight is 214 g/mol. The highest BCUT2D eigenvalue weighted by molar-refractivity contribution is 7.99. The van der Waals surface area contributed by atoms with Crippen molar-refractivity contribution >= 4 is 17.7 Å². The highest BCUT2D eigenvalue weighted by Gasteiger charge is 2.05. The minimum absolute atomic E-state index is 0.0565. The number of carboxylic acid groups (broad SMARTS) is 1. The number of carboxylic acids is 1. The van der Waals surface area contributed by atoms with Gasteiger partial charge in [-0.15, -0.1) is 11.8 Å². The van der Waals surface area contributed by atoms with Crippen LogP contribution in [-0.4, -0.2) is 38.5 Å². The molecule has 0 saturated carbocycles. The topological polar surface area (TPSA) is 83.3 Å². The molecule has 6 heteroatoms. The minimum Gasteiger partial charge on any atom is -0.476 e. The van der Waals surface area contributed by atoms with Gasteiger partial charge in [0.2, 0.25) is 0 Å². The number of aromatic carboxylic acids is 1. The predicted molar refractivity (Wildman–Crippen MR) is 51.4 cm³/mol. The zero-order valence-corrected chi connectivity index (χ0v) is 8.20. The van der Waals surface area contributed by atoms with Crippen LogP contribution in [0.25, 0.3) is 0 Å². The second kappa shape index (κ2) is 5.56. The number of nitrogens with zero attached hydrogens (tertiary/aromatic N) is 2. The first-order valence-electron chi connectivity index (χ1n) is 4.03. The fourth-order valence-electron chi connectivity index (χ4n) is 0.762. The highest BCUT2D eigenvalue weighted by Crippen LogP contribution is 2.14. The molecule has 0 unspecified atom stereocenters. The average Bonchev–Trinajstić information content (AvgIpc) is 2.19. The Labute approximate surface area is 85.2 Å². The number of hydrogen-bond donors (Lipinski definition) is 2. The summed E-state index contributed by atoms with van der Waals surface area (Å²) in [4.78, 5) is 18.2. The summed E-state index contributed by atoms with van der Waals surface area (Å²) < 4.78 is 0. The van der Waals surface area contributed by atoms with Crippen molar-refractivity contribution in [1.82, 2.24) is 9.97 Å². The maximum Gasteiger partial charge on any atom is 0.356 e. The summed E-state index contributed by atoms with van der Waals surface area (Å²) >= 11 is 1.38. The molecule has 0 radical (unpaired) electrons. The van der Waals surface area contributed by atoms with E-state index in [4.69, 9.17) is 10.2 Å². The van der Waals surface area contributed by atoms with Gasteiger partial charge in [0.1, 0.15) is 5.03 Å². The van der Waals surface area contributed by atoms with Crippen molar-refractivity contribution in [2.45, 2.75) is 11.4 Å². The van der Waals surface area contributed by atoms with Crippen molar-refractivity contribution in [2.24, 2.45) is 0 Å². The van der Waals surface area contributed by atoms with Crippen molar-refractivity contribution < 1.29 is 15.0 Å². The van der Waals surface area contributed by atoms with Gasteiger partial charge in [-0.2, -0.15) is 0 Å². The molecule has 0 aliphatic heterocycles. The maximum atomic E-state index is 10.5. The number of aromatic nitrogens is 2. The Kier molecular flexibility index (Phi) is 4.34. The van der Waals surface area contributed by atoms with E-state index in [1.165, 1.54) is 24.2 Å². The summed E-state index contributed by atoms with van der Waals surface area (Å²) in [5, 5.41) is 17.7. The molecule has 0 spiro atoms. The standard InChI is InChI=1S/C8H10N2O3S/c11-2-1-3-14-7-5-9-4-6(10-7)8(12)13/h4-5,11H,1-3H2,(H,12,13). The molecule has 0 atom stereocenters. The van der Waals surface area contributed by atoms with Crippen LogP contribution in [0.15, 0.2) is 17.4 Å². The molecule has 2 N–H and O–H groups in total. The predicted octanol–water partition coefficient (Wildman–Crippen LogP) is 0.649. The first-order valence-corrected chi connectivity index (χ1v) is 5.01. The normalized spacial score (nSPS) is 10.1. The fourth-order valence-corrected chi connectivity index (χ4v) is 1.54. The van der Waals surface area contributed by atoms with E-state index in [0.717, 1.165) is 0 Å². The molecular formula is C8H10N2O3S. The van der Waals surface area contributed by atoms with E-state index < -0.39 is 5.97 Å². The summed E-state index contributed by atoms with van der Waals surface area (Å²) in [6.45, 7) is 0.124. The van der Waals surface area contributed by atoms with Crippen molar-refractivity contribution in [1.29, 1.82) is 0 Å². The largest absolute Gasteiger partial charge is 0.476 e. The first kappa shape index (κ1) is 10.9. The van der Waals surface area contributed by atoms with Crippen LogP contribution in [0.4, 0.5) is 0 Å². The van der Waals surface area contributed by atoms with Gasteiger partial charge in [0, 0.05) is 12.4 Å². The van der Waals surface area contributed by atoms with Gasteiger partial charge >= 0.3 is 5.97 Å². The maximum absolute atomic E-state index is 10.5. The van der Waals surface area contributed by atoms with Gasteiger partial charge in [0.25, 0.3) is 0 Å². The zero-order valence-electron chi connectivity index (χ0n) is 7.38. The van der Waals surface area contributed by atoms with Crippen LogP contribution in [0.5, 0.6) is 0 Å². The van der Waals surface area contributed by atoms with E-state index in [2.05, 4.69) is 9.97 Å². The van der Waals surface area contributed by atoms with Gasteiger partial charge in [-0.05, 0) is 6.42 Å². The number of rotatable bonds is 5. The number of aliphatic hydroxyl groups is 1. The van der Waals surface area contributed by atoms with E-state index in [-0.39, 0.29) is 12.3 Å². The van der Waals surface area contributed by atoms with Crippen molar-refractivity contribution in [3.05, 3.63) is 18.1 Å². The van der Waals surface area contributed by atoms with Crippen LogP contribution in [0.3, 0.4) is 0 Å². The Hall–Kier alpha value is -1.14. The summed E-state index contributed by atoms with van der Waals surface area (Å²) in [6.07, 6.45) is 3.37. The smallest absolute Gasteiger partial charge is 0.356 e.